The summed E-state index contributed by atoms with van der Waals surface area (Å²) in [5.74, 6) is 0.505. The minimum atomic E-state index is 0.323. The topological polar surface area (TPSA) is 41.4 Å². The molecule has 2 aromatic rings. The minimum absolute atomic E-state index is 0.323. The fourth-order valence-corrected chi connectivity index (χ4v) is 1.50. The van der Waals surface area contributed by atoms with Crippen molar-refractivity contribution in [3.63, 3.8) is 0 Å². The van der Waals surface area contributed by atoms with Crippen molar-refractivity contribution in [2.45, 2.75) is 0 Å². The van der Waals surface area contributed by atoms with E-state index in [1.807, 2.05) is 24.3 Å². The SMILES string of the molecule is C=NN(C)c1nc2ccccc2nc1Cl. The van der Waals surface area contributed by atoms with E-state index >= 15 is 0 Å². The van der Waals surface area contributed by atoms with Crippen LogP contribution < -0.4 is 5.01 Å². The number of rotatable bonds is 2. The molecule has 76 valence electrons. The van der Waals surface area contributed by atoms with Crippen LogP contribution in [0.5, 0.6) is 0 Å². The van der Waals surface area contributed by atoms with E-state index < -0.39 is 0 Å². The van der Waals surface area contributed by atoms with Crippen LogP contribution in [0.1, 0.15) is 0 Å². The highest BCUT2D eigenvalue weighted by Crippen LogP contribution is 2.23. The first-order chi connectivity index (χ1) is 7.22. The maximum absolute atomic E-state index is 5.97. The molecule has 0 saturated heterocycles. The Kier molecular flexibility index (Phi) is 2.51. The van der Waals surface area contributed by atoms with Gasteiger partial charge in [0.1, 0.15) is 0 Å². The van der Waals surface area contributed by atoms with Crippen LogP contribution in [0.3, 0.4) is 0 Å². The number of halogens is 1. The molecule has 1 heterocycles. The van der Waals surface area contributed by atoms with Crippen LogP contribution >= 0.6 is 11.6 Å². The Morgan fingerprint density at radius 2 is 1.87 bits per heavy atom. The van der Waals surface area contributed by atoms with Gasteiger partial charge in [0.15, 0.2) is 11.0 Å². The second-order valence-corrected chi connectivity index (χ2v) is 3.35. The molecule has 0 radical (unpaired) electrons. The summed E-state index contributed by atoms with van der Waals surface area (Å²) in [4.78, 5) is 8.56. The molecule has 0 N–H and O–H groups in total. The van der Waals surface area contributed by atoms with Crippen molar-refractivity contribution in [3.8, 4) is 0 Å². The number of hydrogen-bond donors (Lipinski definition) is 0. The Hall–Kier alpha value is -1.68. The molecule has 0 aliphatic carbocycles. The van der Waals surface area contributed by atoms with Gasteiger partial charge in [-0.15, -0.1) is 0 Å². The third kappa shape index (κ3) is 1.76. The second kappa shape index (κ2) is 3.82. The molecule has 1 aromatic heterocycles. The first-order valence-corrected chi connectivity index (χ1v) is 4.73. The summed E-state index contributed by atoms with van der Waals surface area (Å²) in [6.07, 6.45) is 0. The lowest BCUT2D eigenvalue weighted by Crippen LogP contribution is -2.10. The molecule has 0 unspecified atom stereocenters. The van der Waals surface area contributed by atoms with E-state index in [0.29, 0.717) is 11.0 Å². The molecule has 0 aliphatic heterocycles. The predicted molar refractivity (Wildman–Crippen MR) is 62.5 cm³/mol. The van der Waals surface area contributed by atoms with Gasteiger partial charge in [0.2, 0.25) is 0 Å². The zero-order valence-electron chi connectivity index (χ0n) is 8.18. The smallest absolute Gasteiger partial charge is 0.187 e. The van der Waals surface area contributed by atoms with Crippen molar-refractivity contribution in [1.29, 1.82) is 0 Å². The Bertz CT molecular complexity index is 512. The standard InChI is InChI=1S/C10H9ClN4/c1-12-15(2)10-9(11)13-7-5-3-4-6-8(7)14-10/h3-6H,1H2,2H3. The quantitative estimate of drug-likeness (QED) is 0.576. The Labute approximate surface area is 92.2 Å². The van der Waals surface area contributed by atoms with E-state index in [2.05, 4.69) is 21.8 Å². The van der Waals surface area contributed by atoms with Crippen LogP contribution in [0.25, 0.3) is 11.0 Å². The molecule has 0 fully saturated rings. The van der Waals surface area contributed by atoms with Gasteiger partial charge in [-0.3, -0.25) is 0 Å². The van der Waals surface area contributed by atoms with Crippen LogP contribution in [0.2, 0.25) is 5.15 Å². The summed E-state index contributed by atoms with van der Waals surface area (Å²) in [5, 5.41) is 5.53. The number of hydrazone groups is 1. The number of benzene rings is 1. The first kappa shape index (κ1) is 9.86. The summed E-state index contributed by atoms with van der Waals surface area (Å²) >= 11 is 5.97. The second-order valence-electron chi connectivity index (χ2n) is 2.99. The van der Waals surface area contributed by atoms with Crippen molar-refractivity contribution in [3.05, 3.63) is 29.4 Å². The normalized spacial score (nSPS) is 10.3. The first-order valence-electron chi connectivity index (χ1n) is 4.35. The lowest BCUT2D eigenvalue weighted by atomic mass is 10.3. The fraction of sp³-hybridized carbons (Fsp3) is 0.100. The van der Waals surface area contributed by atoms with Crippen molar-refractivity contribution in [1.82, 2.24) is 9.97 Å². The Morgan fingerprint density at radius 3 is 2.47 bits per heavy atom. The molecule has 5 heteroatoms. The van der Waals surface area contributed by atoms with Gasteiger partial charge in [-0.25, -0.2) is 15.0 Å². The average Bonchev–Trinajstić information content (AvgIpc) is 2.27. The Morgan fingerprint density at radius 1 is 1.27 bits per heavy atom. The van der Waals surface area contributed by atoms with E-state index in [-0.39, 0.29) is 0 Å². The zero-order valence-corrected chi connectivity index (χ0v) is 8.94. The van der Waals surface area contributed by atoms with Crippen molar-refractivity contribution in [2.75, 3.05) is 12.1 Å². The van der Waals surface area contributed by atoms with Gasteiger partial charge in [0.05, 0.1) is 11.0 Å². The number of hydrogen-bond acceptors (Lipinski definition) is 4. The fourth-order valence-electron chi connectivity index (χ4n) is 1.24. The highest BCUT2D eigenvalue weighted by molar-refractivity contribution is 6.32. The monoisotopic (exact) mass is 220 g/mol. The third-order valence-electron chi connectivity index (χ3n) is 2.03. The molecular formula is C10H9ClN4. The molecule has 0 atom stereocenters. The molecule has 15 heavy (non-hydrogen) atoms. The highest BCUT2D eigenvalue weighted by atomic mass is 35.5. The van der Waals surface area contributed by atoms with Crippen LogP contribution in [0.15, 0.2) is 29.4 Å². The molecule has 0 amide bonds. The van der Waals surface area contributed by atoms with Crippen LogP contribution in [0.4, 0.5) is 5.82 Å². The zero-order chi connectivity index (χ0) is 10.8. The average molecular weight is 221 g/mol. The maximum Gasteiger partial charge on any atom is 0.187 e. The van der Waals surface area contributed by atoms with Gasteiger partial charge in [-0.2, -0.15) is 5.10 Å². The molecule has 1 aromatic carbocycles. The minimum Gasteiger partial charge on any atom is -0.249 e. The van der Waals surface area contributed by atoms with E-state index in [0.717, 1.165) is 11.0 Å². The van der Waals surface area contributed by atoms with E-state index in [1.165, 1.54) is 5.01 Å². The van der Waals surface area contributed by atoms with Gasteiger partial charge >= 0.3 is 0 Å². The van der Waals surface area contributed by atoms with Crippen molar-refractivity contribution in [2.24, 2.45) is 5.10 Å². The van der Waals surface area contributed by atoms with Gasteiger partial charge in [0.25, 0.3) is 0 Å². The van der Waals surface area contributed by atoms with Gasteiger partial charge in [-0.1, -0.05) is 23.7 Å². The number of para-hydroxylation sites is 2. The van der Waals surface area contributed by atoms with Gasteiger partial charge < -0.3 is 0 Å². The summed E-state index contributed by atoms with van der Waals surface area (Å²) in [6.45, 7) is 3.41. The van der Waals surface area contributed by atoms with Crippen molar-refractivity contribution >= 4 is 35.2 Å². The lowest BCUT2D eigenvalue weighted by Gasteiger charge is -2.12. The van der Waals surface area contributed by atoms with E-state index in [9.17, 15) is 0 Å². The maximum atomic E-state index is 5.97. The predicted octanol–water partition coefficient (Wildman–Crippen LogP) is 2.33. The highest BCUT2D eigenvalue weighted by Gasteiger charge is 2.09. The van der Waals surface area contributed by atoms with E-state index in [1.54, 1.807) is 7.05 Å². The van der Waals surface area contributed by atoms with Gasteiger partial charge in [0, 0.05) is 13.8 Å². The van der Waals surface area contributed by atoms with Crippen LogP contribution in [-0.4, -0.2) is 23.7 Å². The lowest BCUT2D eigenvalue weighted by molar-refractivity contribution is 0.986. The number of fused-ring (bicyclic) bond motifs is 1. The molecular weight excluding hydrogens is 212 g/mol. The van der Waals surface area contributed by atoms with Crippen LogP contribution in [-0.2, 0) is 0 Å². The molecule has 4 nitrogen and oxygen atoms in total. The number of nitrogens with zero attached hydrogens (tertiary/aromatic N) is 4. The van der Waals surface area contributed by atoms with Crippen LogP contribution in [0, 0.1) is 0 Å². The van der Waals surface area contributed by atoms with E-state index in [4.69, 9.17) is 11.6 Å². The summed E-state index contributed by atoms with van der Waals surface area (Å²) in [5.41, 5.74) is 1.55. The summed E-state index contributed by atoms with van der Waals surface area (Å²) in [7, 11) is 1.72. The molecule has 0 bridgehead atoms. The van der Waals surface area contributed by atoms with Crippen molar-refractivity contribution < 1.29 is 0 Å². The Balaban J connectivity index is 2.66. The molecule has 0 spiro atoms. The number of anilines is 1. The summed E-state index contributed by atoms with van der Waals surface area (Å²) in [6, 6.07) is 7.52. The molecule has 0 aliphatic rings. The third-order valence-corrected chi connectivity index (χ3v) is 2.28. The number of aromatic nitrogens is 2. The molecule has 0 saturated carbocycles. The summed E-state index contributed by atoms with van der Waals surface area (Å²) < 4.78 is 0. The largest absolute Gasteiger partial charge is 0.249 e. The molecule has 2 rings (SSSR count). The van der Waals surface area contributed by atoms with Gasteiger partial charge in [-0.05, 0) is 12.1 Å².